The number of rotatable bonds is 36. The van der Waals surface area contributed by atoms with Crippen molar-refractivity contribution in [3.63, 3.8) is 0 Å². The van der Waals surface area contributed by atoms with Crippen molar-refractivity contribution in [2.24, 2.45) is 5.73 Å². The molecule has 11 heteroatoms. The molecule has 0 aromatic heterocycles. The van der Waals surface area contributed by atoms with E-state index in [9.17, 15) is 24.2 Å². The number of hydrogen-bond donors (Lipinski definition) is 3. The second-order valence-corrected chi connectivity index (χ2v) is 14.4. The molecular weight excluding hydrogens is 681 g/mol. The van der Waals surface area contributed by atoms with E-state index in [0.717, 1.165) is 25.7 Å². The first kappa shape index (κ1) is 49.7. The lowest BCUT2D eigenvalue weighted by molar-refractivity contribution is -0.161. The Bertz CT molecular complexity index is 1060. The topological polar surface area (TPSA) is 155 Å². The first-order valence-corrected chi connectivity index (χ1v) is 21.4. The van der Waals surface area contributed by atoms with Gasteiger partial charge in [-0.3, -0.25) is 18.6 Å². The van der Waals surface area contributed by atoms with Crippen LogP contribution in [0.2, 0.25) is 0 Å². The Kier molecular flexibility index (Phi) is 35.3. The van der Waals surface area contributed by atoms with E-state index < -0.39 is 38.6 Å². The number of ether oxygens (including phenoxy) is 2. The molecule has 0 fully saturated rings. The number of allylic oxidation sites excluding steroid dienone is 8. The molecule has 4 N–H and O–H groups in total. The highest BCUT2D eigenvalue weighted by molar-refractivity contribution is 7.47. The zero-order chi connectivity index (χ0) is 38.4. The number of phosphoric acid groups is 1. The van der Waals surface area contributed by atoms with Gasteiger partial charge in [-0.1, -0.05) is 152 Å². The number of esters is 2. The van der Waals surface area contributed by atoms with Gasteiger partial charge in [-0.2, -0.15) is 0 Å². The maximum atomic E-state index is 12.5. The molecule has 0 bridgehead atoms. The van der Waals surface area contributed by atoms with Crippen LogP contribution in [-0.2, 0) is 32.7 Å². The summed E-state index contributed by atoms with van der Waals surface area (Å²) >= 11 is 0. The van der Waals surface area contributed by atoms with Gasteiger partial charge in [0.1, 0.15) is 6.61 Å². The minimum Gasteiger partial charge on any atom is -0.462 e. The maximum absolute atomic E-state index is 12.5. The number of nitrogens with two attached hydrogens (primary N) is 1. The molecule has 0 saturated carbocycles. The third kappa shape index (κ3) is 36.0. The van der Waals surface area contributed by atoms with Crippen molar-refractivity contribution in [2.75, 3.05) is 26.4 Å². The van der Waals surface area contributed by atoms with Gasteiger partial charge in [0.15, 0.2) is 6.10 Å². The molecule has 10 nitrogen and oxygen atoms in total. The van der Waals surface area contributed by atoms with Gasteiger partial charge >= 0.3 is 19.8 Å². The van der Waals surface area contributed by atoms with Crippen LogP contribution >= 0.6 is 7.82 Å². The molecule has 0 aromatic rings. The average Bonchev–Trinajstić information content (AvgIpc) is 3.12. The summed E-state index contributed by atoms with van der Waals surface area (Å²) in [5, 5.41) is 10.00. The Balaban J connectivity index is 4.39. The molecule has 0 aliphatic rings. The fraction of sp³-hybridized carbons (Fsp3) is 0.707. The molecule has 0 heterocycles. The predicted molar refractivity (Wildman–Crippen MR) is 212 cm³/mol. The maximum Gasteiger partial charge on any atom is 0.472 e. The van der Waals surface area contributed by atoms with Gasteiger partial charge in [0, 0.05) is 19.4 Å². The van der Waals surface area contributed by atoms with Gasteiger partial charge in [0.25, 0.3) is 0 Å². The van der Waals surface area contributed by atoms with Crippen LogP contribution in [0.15, 0.2) is 60.8 Å². The normalized spacial score (nSPS) is 14.6. The predicted octanol–water partition coefficient (Wildman–Crippen LogP) is 9.91. The number of aliphatic hydroxyl groups is 1. The Hall–Kier alpha value is -2.33. The quantitative estimate of drug-likeness (QED) is 0.0185. The van der Waals surface area contributed by atoms with Crippen LogP contribution in [0, 0.1) is 0 Å². The van der Waals surface area contributed by atoms with Crippen molar-refractivity contribution in [1.29, 1.82) is 0 Å². The van der Waals surface area contributed by atoms with E-state index in [-0.39, 0.29) is 32.6 Å². The van der Waals surface area contributed by atoms with E-state index in [1.54, 1.807) is 6.08 Å². The Morgan fingerprint density at radius 3 is 1.94 bits per heavy atom. The Morgan fingerprint density at radius 2 is 1.29 bits per heavy atom. The van der Waals surface area contributed by atoms with Crippen LogP contribution in [0.3, 0.4) is 0 Å². The SMILES string of the molecule is CC/C=C\C/C=C\CC(O)/C=C/C=C\C/C=C\CCCC(=O)O[C@H](COC(=O)CCCCCCCCCCCCCCC)COP(=O)(O)OCCN. The number of hydrogen-bond acceptors (Lipinski definition) is 9. The molecule has 0 radical (unpaired) electrons. The fourth-order valence-electron chi connectivity index (χ4n) is 5.05. The summed E-state index contributed by atoms with van der Waals surface area (Å²) < 4.78 is 32.6. The Morgan fingerprint density at radius 1 is 0.692 bits per heavy atom. The van der Waals surface area contributed by atoms with E-state index in [2.05, 4.69) is 26.0 Å². The monoisotopic (exact) mass is 753 g/mol. The molecule has 0 aliphatic carbocycles. The fourth-order valence-corrected chi connectivity index (χ4v) is 5.81. The zero-order valence-electron chi connectivity index (χ0n) is 32.4. The van der Waals surface area contributed by atoms with Crippen LogP contribution in [0.4, 0.5) is 0 Å². The zero-order valence-corrected chi connectivity index (χ0v) is 33.3. The van der Waals surface area contributed by atoms with Gasteiger partial charge in [-0.15, -0.1) is 0 Å². The third-order valence-electron chi connectivity index (χ3n) is 8.00. The second kappa shape index (κ2) is 37.0. The highest BCUT2D eigenvalue weighted by Crippen LogP contribution is 2.43. The van der Waals surface area contributed by atoms with E-state index in [4.69, 9.17) is 24.3 Å². The summed E-state index contributed by atoms with van der Waals surface area (Å²) in [6, 6.07) is 0. The van der Waals surface area contributed by atoms with Gasteiger partial charge in [0.2, 0.25) is 0 Å². The minimum absolute atomic E-state index is 0.0326. The van der Waals surface area contributed by atoms with E-state index in [0.29, 0.717) is 32.1 Å². The number of carbonyl (C=O) groups excluding carboxylic acids is 2. The summed E-state index contributed by atoms with van der Waals surface area (Å²) in [5.74, 6) is -0.939. The average molecular weight is 754 g/mol. The van der Waals surface area contributed by atoms with Crippen molar-refractivity contribution in [2.45, 2.75) is 161 Å². The number of phosphoric ester groups is 1. The first-order chi connectivity index (χ1) is 25.2. The molecule has 2 unspecified atom stereocenters. The molecule has 0 spiro atoms. The van der Waals surface area contributed by atoms with Crippen LogP contribution in [0.5, 0.6) is 0 Å². The van der Waals surface area contributed by atoms with Gasteiger partial charge in [0.05, 0.1) is 19.3 Å². The van der Waals surface area contributed by atoms with Crippen molar-refractivity contribution in [3.05, 3.63) is 60.8 Å². The molecule has 0 aliphatic heterocycles. The molecule has 0 saturated heterocycles. The molecule has 0 rings (SSSR count). The highest BCUT2D eigenvalue weighted by atomic mass is 31.2. The first-order valence-electron chi connectivity index (χ1n) is 19.9. The van der Waals surface area contributed by atoms with Gasteiger partial charge < -0.3 is 25.2 Å². The lowest BCUT2D eigenvalue weighted by Gasteiger charge is -2.19. The van der Waals surface area contributed by atoms with Crippen molar-refractivity contribution < 1.29 is 42.7 Å². The van der Waals surface area contributed by atoms with Crippen molar-refractivity contribution in [3.8, 4) is 0 Å². The molecular formula is C41H72NO9P. The lowest BCUT2D eigenvalue weighted by Crippen LogP contribution is -2.29. The van der Waals surface area contributed by atoms with Crippen LogP contribution < -0.4 is 5.73 Å². The summed E-state index contributed by atoms with van der Waals surface area (Å²) in [6.07, 6.45) is 38.6. The number of aliphatic hydroxyl groups excluding tert-OH is 1. The molecule has 0 aromatic carbocycles. The summed E-state index contributed by atoms with van der Waals surface area (Å²) in [5.41, 5.74) is 5.33. The van der Waals surface area contributed by atoms with Crippen LogP contribution in [-0.4, -0.2) is 60.5 Å². The summed E-state index contributed by atoms with van der Waals surface area (Å²) in [7, 11) is -4.40. The van der Waals surface area contributed by atoms with E-state index in [1.807, 2.05) is 42.5 Å². The smallest absolute Gasteiger partial charge is 0.462 e. The Labute approximate surface area is 315 Å². The highest BCUT2D eigenvalue weighted by Gasteiger charge is 2.25. The van der Waals surface area contributed by atoms with Crippen molar-refractivity contribution >= 4 is 19.8 Å². The molecule has 3 atom stereocenters. The minimum atomic E-state index is -4.40. The summed E-state index contributed by atoms with van der Waals surface area (Å²) in [4.78, 5) is 34.7. The van der Waals surface area contributed by atoms with Gasteiger partial charge in [-0.25, -0.2) is 4.57 Å². The van der Waals surface area contributed by atoms with Crippen LogP contribution in [0.25, 0.3) is 0 Å². The third-order valence-corrected chi connectivity index (χ3v) is 8.98. The summed E-state index contributed by atoms with van der Waals surface area (Å²) in [6.45, 7) is 3.44. The van der Waals surface area contributed by atoms with E-state index >= 15 is 0 Å². The number of carbonyl (C=O) groups is 2. The van der Waals surface area contributed by atoms with Crippen LogP contribution in [0.1, 0.15) is 149 Å². The van der Waals surface area contributed by atoms with E-state index in [1.165, 1.54) is 64.2 Å². The van der Waals surface area contributed by atoms with Crippen molar-refractivity contribution in [1.82, 2.24) is 0 Å². The second-order valence-electron chi connectivity index (χ2n) is 13.0. The molecule has 300 valence electrons. The largest absolute Gasteiger partial charge is 0.472 e. The molecule has 52 heavy (non-hydrogen) atoms. The molecule has 0 amide bonds. The number of unbranched alkanes of at least 4 members (excludes halogenated alkanes) is 13. The van der Waals surface area contributed by atoms with Gasteiger partial charge in [-0.05, 0) is 44.9 Å². The lowest BCUT2D eigenvalue weighted by atomic mass is 10.0. The standard InChI is InChI=1S/C41H72NO9P/c1-3-5-7-9-11-12-13-14-15-16-20-24-28-32-40(44)48-36-39(37-50-52(46,47)49-35-34-42)51-41(45)33-29-25-21-18-17-19-23-27-31-38(43)30-26-22-10-8-6-4-2/h6,8,18-19,21-23,26-27,31,38-39,43H,3-5,7,9-17,20,24-25,28-30,32-37,42H2,1-2H3,(H,46,47)/b8-6-,21-18-,23-19-,26-22-,31-27+/t38?,39-/m1/s1.